The lowest BCUT2D eigenvalue weighted by Crippen LogP contribution is -2.48. The van der Waals surface area contributed by atoms with Gasteiger partial charge in [0.2, 0.25) is 0 Å². The molecule has 88 valence electrons. The van der Waals surface area contributed by atoms with E-state index < -0.39 is 5.60 Å². The van der Waals surface area contributed by atoms with Crippen molar-refractivity contribution in [1.29, 1.82) is 0 Å². The molecule has 4 heteroatoms. The standard InChI is InChI=1S/C12H18N2O2/c1-12(2,16)10-6-4-8-14(10)11(15)9-5-3-7-13-9/h3,5,7,10,13,16H,4,6,8H2,1-2H3. The minimum atomic E-state index is -0.835. The third-order valence-corrected chi connectivity index (χ3v) is 3.16. The van der Waals surface area contributed by atoms with Gasteiger partial charge in [-0.15, -0.1) is 0 Å². The van der Waals surface area contributed by atoms with Crippen molar-refractivity contribution >= 4 is 5.91 Å². The van der Waals surface area contributed by atoms with Gasteiger partial charge in [0.05, 0.1) is 11.6 Å². The van der Waals surface area contributed by atoms with Gasteiger partial charge < -0.3 is 15.0 Å². The van der Waals surface area contributed by atoms with Gasteiger partial charge in [-0.25, -0.2) is 0 Å². The molecule has 2 heterocycles. The molecule has 2 N–H and O–H groups in total. The zero-order valence-electron chi connectivity index (χ0n) is 9.73. The lowest BCUT2D eigenvalue weighted by Gasteiger charge is -2.33. The van der Waals surface area contributed by atoms with E-state index in [1.807, 2.05) is 6.07 Å². The van der Waals surface area contributed by atoms with Crippen molar-refractivity contribution in [2.75, 3.05) is 6.54 Å². The van der Waals surface area contributed by atoms with Crippen molar-refractivity contribution in [3.63, 3.8) is 0 Å². The molecule has 1 saturated heterocycles. The summed E-state index contributed by atoms with van der Waals surface area (Å²) >= 11 is 0. The van der Waals surface area contributed by atoms with E-state index in [0.717, 1.165) is 19.4 Å². The average Bonchev–Trinajstić information content (AvgIpc) is 2.87. The minimum absolute atomic E-state index is 0.0189. The molecule has 1 aromatic heterocycles. The van der Waals surface area contributed by atoms with Crippen LogP contribution in [0.3, 0.4) is 0 Å². The Morgan fingerprint density at radius 2 is 2.38 bits per heavy atom. The third-order valence-electron chi connectivity index (χ3n) is 3.16. The summed E-state index contributed by atoms with van der Waals surface area (Å²) in [6.45, 7) is 4.25. The molecule has 0 bridgehead atoms. The molecule has 1 unspecified atom stereocenters. The maximum absolute atomic E-state index is 12.1. The summed E-state index contributed by atoms with van der Waals surface area (Å²) in [6, 6.07) is 3.49. The van der Waals surface area contributed by atoms with Gasteiger partial charge in [-0.3, -0.25) is 4.79 Å². The van der Waals surface area contributed by atoms with Crippen molar-refractivity contribution in [2.24, 2.45) is 0 Å². The summed E-state index contributed by atoms with van der Waals surface area (Å²) in [5, 5.41) is 10.0. The molecular weight excluding hydrogens is 204 g/mol. The predicted octanol–water partition coefficient (Wildman–Crippen LogP) is 1.39. The Morgan fingerprint density at radius 1 is 1.62 bits per heavy atom. The number of hydrogen-bond acceptors (Lipinski definition) is 2. The van der Waals surface area contributed by atoms with Gasteiger partial charge in [0.15, 0.2) is 0 Å². The Kier molecular flexibility index (Phi) is 2.76. The zero-order chi connectivity index (χ0) is 11.8. The molecule has 0 saturated carbocycles. The van der Waals surface area contributed by atoms with Crippen molar-refractivity contribution < 1.29 is 9.90 Å². The van der Waals surface area contributed by atoms with Gasteiger partial charge in [0.1, 0.15) is 5.69 Å². The van der Waals surface area contributed by atoms with Crippen LogP contribution in [0.15, 0.2) is 18.3 Å². The molecule has 2 rings (SSSR count). The van der Waals surface area contributed by atoms with Crippen molar-refractivity contribution in [2.45, 2.75) is 38.3 Å². The van der Waals surface area contributed by atoms with Crippen LogP contribution < -0.4 is 0 Å². The molecule has 0 aliphatic carbocycles. The first kappa shape index (κ1) is 11.2. The number of nitrogens with one attached hydrogen (secondary N) is 1. The maximum Gasteiger partial charge on any atom is 0.270 e. The maximum atomic E-state index is 12.1. The topological polar surface area (TPSA) is 56.3 Å². The second-order valence-corrected chi connectivity index (χ2v) is 4.89. The number of likely N-dealkylation sites (tertiary alicyclic amines) is 1. The van der Waals surface area contributed by atoms with Crippen LogP contribution in [0.4, 0.5) is 0 Å². The first-order chi connectivity index (χ1) is 7.50. The molecule has 1 amide bonds. The molecule has 0 radical (unpaired) electrons. The van der Waals surface area contributed by atoms with Crippen LogP contribution in [-0.2, 0) is 0 Å². The van der Waals surface area contributed by atoms with E-state index >= 15 is 0 Å². The van der Waals surface area contributed by atoms with E-state index in [1.165, 1.54) is 0 Å². The molecular formula is C12H18N2O2. The van der Waals surface area contributed by atoms with Crippen LogP contribution in [-0.4, -0.2) is 39.1 Å². The lowest BCUT2D eigenvalue weighted by molar-refractivity contribution is 0.000145. The van der Waals surface area contributed by atoms with Crippen LogP contribution in [0.2, 0.25) is 0 Å². The van der Waals surface area contributed by atoms with E-state index in [2.05, 4.69) is 4.98 Å². The Labute approximate surface area is 95.3 Å². The van der Waals surface area contributed by atoms with Crippen molar-refractivity contribution in [3.8, 4) is 0 Å². The smallest absolute Gasteiger partial charge is 0.270 e. The van der Waals surface area contributed by atoms with E-state index in [0.29, 0.717) is 5.69 Å². The summed E-state index contributed by atoms with van der Waals surface area (Å²) in [4.78, 5) is 16.8. The Balaban J connectivity index is 2.18. The largest absolute Gasteiger partial charge is 0.388 e. The number of aliphatic hydroxyl groups is 1. The fourth-order valence-corrected chi connectivity index (χ4v) is 2.36. The number of hydrogen-bond donors (Lipinski definition) is 2. The number of aromatic amines is 1. The first-order valence-corrected chi connectivity index (χ1v) is 5.67. The number of amides is 1. The normalized spacial score (nSPS) is 21.4. The van der Waals surface area contributed by atoms with E-state index in [4.69, 9.17) is 0 Å². The van der Waals surface area contributed by atoms with Crippen LogP contribution >= 0.6 is 0 Å². The molecule has 0 aromatic carbocycles. The second kappa shape index (κ2) is 3.94. The van der Waals surface area contributed by atoms with E-state index in [9.17, 15) is 9.90 Å². The average molecular weight is 222 g/mol. The van der Waals surface area contributed by atoms with E-state index in [1.54, 1.807) is 31.0 Å². The van der Waals surface area contributed by atoms with Crippen molar-refractivity contribution in [3.05, 3.63) is 24.0 Å². The first-order valence-electron chi connectivity index (χ1n) is 5.67. The molecule has 4 nitrogen and oxygen atoms in total. The summed E-state index contributed by atoms with van der Waals surface area (Å²) in [6.07, 6.45) is 3.57. The zero-order valence-corrected chi connectivity index (χ0v) is 9.73. The summed E-state index contributed by atoms with van der Waals surface area (Å²) in [7, 11) is 0. The highest BCUT2D eigenvalue weighted by molar-refractivity contribution is 5.92. The summed E-state index contributed by atoms with van der Waals surface area (Å²) < 4.78 is 0. The minimum Gasteiger partial charge on any atom is -0.388 e. The Hall–Kier alpha value is -1.29. The van der Waals surface area contributed by atoms with E-state index in [-0.39, 0.29) is 11.9 Å². The fraction of sp³-hybridized carbons (Fsp3) is 0.583. The van der Waals surface area contributed by atoms with Gasteiger partial charge in [-0.2, -0.15) is 0 Å². The number of aromatic nitrogens is 1. The monoisotopic (exact) mass is 222 g/mol. The number of carbonyl (C=O) groups is 1. The Bertz CT molecular complexity index is 365. The van der Waals surface area contributed by atoms with Crippen LogP contribution in [0, 0.1) is 0 Å². The quantitative estimate of drug-likeness (QED) is 0.794. The summed E-state index contributed by atoms with van der Waals surface area (Å²) in [5.74, 6) is -0.0189. The molecule has 0 spiro atoms. The highest BCUT2D eigenvalue weighted by Crippen LogP contribution is 2.27. The lowest BCUT2D eigenvalue weighted by atomic mass is 9.96. The number of rotatable bonds is 2. The predicted molar refractivity (Wildman–Crippen MR) is 61.1 cm³/mol. The second-order valence-electron chi connectivity index (χ2n) is 4.89. The number of carbonyl (C=O) groups excluding carboxylic acids is 1. The highest BCUT2D eigenvalue weighted by atomic mass is 16.3. The number of H-pyrrole nitrogens is 1. The molecule has 16 heavy (non-hydrogen) atoms. The van der Waals surface area contributed by atoms with Gasteiger partial charge in [0, 0.05) is 12.7 Å². The SMILES string of the molecule is CC(C)(O)C1CCCN1C(=O)c1ccc[nH]1. The van der Waals surface area contributed by atoms with Gasteiger partial charge in [0.25, 0.3) is 5.91 Å². The van der Waals surface area contributed by atoms with Gasteiger partial charge in [-0.1, -0.05) is 0 Å². The number of nitrogens with zero attached hydrogens (tertiary/aromatic N) is 1. The molecule has 1 fully saturated rings. The van der Waals surface area contributed by atoms with Crippen molar-refractivity contribution in [1.82, 2.24) is 9.88 Å². The Morgan fingerprint density at radius 3 is 2.94 bits per heavy atom. The molecule has 1 aromatic rings. The summed E-state index contributed by atoms with van der Waals surface area (Å²) in [5.41, 5.74) is -0.241. The molecule has 1 aliphatic heterocycles. The van der Waals surface area contributed by atoms with Crippen LogP contribution in [0.5, 0.6) is 0 Å². The highest BCUT2D eigenvalue weighted by Gasteiger charge is 2.38. The van der Waals surface area contributed by atoms with Gasteiger partial charge >= 0.3 is 0 Å². The molecule has 1 atom stereocenters. The fourth-order valence-electron chi connectivity index (χ4n) is 2.36. The van der Waals surface area contributed by atoms with Crippen LogP contribution in [0.25, 0.3) is 0 Å². The van der Waals surface area contributed by atoms with Gasteiger partial charge in [-0.05, 0) is 38.8 Å². The van der Waals surface area contributed by atoms with Crippen LogP contribution in [0.1, 0.15) is 37.2 Å². The third kappa shape index (κ3) is 1.97. The molecule has 1 aliphatic rings.